The fraction of sp³-hybridized carbons (Fsp3) is 0.550. The van der Waals surface area contributed by atoms with Gasteiger partial charge in [-0.25, -0.2) is 4.39 Å². The summed E-state index contributed by atoms with van der Waals surface area (Å²) in [5, 5.41) is 3.92. The minimum absolute atomic E-state index is 0.0919. The van der Waals surface area contributed by atoms with Crippen LogP contribution in [0, 0.1) is 18.7 Å². The van der Waals surface area contributed by atoms with Gasteiger partial charge in [0.2, 0.25) is 5.89 Å². The van der Waals surface area contributed by atoms with Crippen molar-refractivity contribution in [1.82, 2.24) is 19.9 Å². The van der Waals surface area contributed by atoms with Crippen molar-refractivity contribution in [2.45, 2.75) is 33.2 Å². The normalized spacial score (nSPS) is 18.3. The smallest absolute Gasteiger partial charge is 0.260 e. The predicted octanol–water partition coefficient (Wildman–Crippen LogP) is 2.83. The summed E-state index contributed by atoms with van der Waals surface area (Å²) < 4.78 is 24.0. The summed E-state index contributed by atoms with van der Waals surface area (Å²) >= 11 is 0. The standard InChI is InChI=1S/C20H27FN4O3/c1-14(2)11-24-9-4-10-25(12-18(24)20-22-15(3)23-28-20)19(26)13-27-17-7-5-16(21)6-8-17/h5-8,14,18H,4,9-13H2,1-3H3. The molecule has 28 heavy (non-hydrogen) atoms. The first-order valence-corrected chi connectivity index (χ1v) is 9.62. The van der Waals surface area contributed by atoms with Crippen LogP contribution in [0.4, 0.5) is 4.39 Å². The van der Waals surface area contributed by atoms with Gasteiger partial charge in [0.15, 0.2) is 12.4 Å². The van der Waals surface area contributed by atoms with Crippen LogP contribution >= 0.6 is 0 Å². The molecule has 1 amide bonds. The van der Waals surface area contributed by atoms with Gasteiger partial charge in [-0.1, -0.05) is 19.0 Å². The second-order valence-electron chi connectivity index (χ2n) is 7.52. The Bertz CT molecular complexity index is 778. The zero-order chi connectivity index (χ0) is 20.1. The first kappa shape index (κ1) is 20.3. The molecule has 0 saturated carbocycles. The lowest BCUT2D eigenvalue weighted by Crippen LogP contribution is -2.40. The molecule has 2 heterocycles. The zero-order valence-electron chi connectivity index (χ0n) is 16.6. The second-order valence-corrected chi connectivity index (χ2v) is 7.52. The van der Waals surface area contributed by atoms with Crippen LogP contribution in [0.1, 0.15) is 38.0 Å². The van der Waals surface area contributed by atoms with Crippen LogP contribution < -0.4 is 4.74 Å². The molecule has 1 saturated heterocycles. The Morgan fingerprint density at radius 3 is 2.71 bits per heavy atom. The number of nitrogens with zero attached hydrogens (tertiary/aromatic N) is 4. The molecule has 0 spiro atoms. The third-order valence-corrected chi connectivity index (χ3v) is 4.66. The molecule has 0 aliphatic carbocycles. The summed E-state index contributed by atoms with van der Waals surface area (Å²) in [6, 6.07) is 5.51. The number of ether oxygens (including phenoxy) is 1. The van der Waals surface area contributed by atoms with Crippen LogP contribution in [0.5, 0.6) is 5.75 Å². The average molecular weight is 390 g/mol. The van der Waals surface area contributed by atoms with E-state index in [0.717, 1.165) is 19.5 Å². The summed E-state index contributed by atoms with van der Waals surface area (Å²) in [7, 11) is 0. The Labute approximate surface area is 164 Å². The van der Waals surface area contributed by atoms with Crippen molar-refractivity contribution in [3.05, 3.63) is 41.8 Å². The van der Waals surface area contributed by atoms with E-state index in [4.69, 9.17) is 9.26 Å². The summed E-state index contributed by atoms with van der Waals surface area (Å²) in [6.45, 7) is 8.89. The van der Waals surface area contributed by atoms with Gasteiger partial charge >= 0.3 is 0 Å². The molecular formula is C20H27FN4O3. The number of carbonyl (C=O) groups excluding carboxylic acids is 1. The minimum Gasteiger partial charge on any atom is -0.484 e. The molecule has 0 bridgehead atoms. The third kappa shape index (κ3) is 5.28. The summed E-state index contributed by atoms with van der Waals surface area (Å²) in [4.78, 5) is 21.2. The molecule has 1 atom stereocenters. The van der Waals surface area contributed by atoms with Gasteiger partial charge in [0, 0.05) is 26.2 Å². The number of rotatable bonds is 6. The van der Waals surface area contributed by atoms with Crippen molar-refractivity contribution >= 4 is 5.91 Å². The SMILES string of the molecule is Cc1noc(C2CN(C(=O)COc3ccc(F)cc3)CCCN2CC(C)C)n1. The number of hydrogen-bond donors (Lipinski definition) is 0. The largest absolute Gasteiger partial charge is 0.484 e. The van der Waals surface area contributed by atoms with E-state index in [1.165, 1.54) is 24.3 Å². The van der Waals surface area contributed by atoms with Crippen LogP contribution in [0.2, 0.25) is 0 Å². The fourth-order valence-electron chi connectivity index (χ4n) is 3.40. The Hall–Kier alpha value is -2.48. The number of hydrogen-bond acceptors (Lipinski definition) is 6. The third-order valence-electron chi connectivity index (χ3n) is 4.66. The number of benzene rings is 1. The molecule has 2 aromatic rings. The second kappa shape index (κ2) is 9.14. The average Bonchev–Trinajstić information content (AvgIpc) is 2.97. The van der Waals surface area contributed by atoms with Crippen molar-refractivity contribution in [2.75, 3.05) is 32.8 Å². The van der Waals surface area contributed by atoms with Gasteiger partial charge in [-0.2, -0.15) is 4.98 Å². The topological polar surface area (TPSA) is 71.7 Å². The van der Waals surface area contributed by atoms with Gasteiger partial charge in [0.05, 0.1) is 0 Å². The predicted molar refractivity (Wildman–Crippen MR) is 101 cm³/mol. The Morgan fingerprint density at radius 2 is 2.07 bits per heavy atom. The quantitative estimate of drug-likeness (QED) is 0.755. The van der Waals surface area contributed by atoms with Crippen LogP contribution in [-0.2, 0) is 4.79 Å². The molecule has 8 heteroatoms. The van der Waals surface area contributed by atoms with Gasteiger partial charge in [-0.05, 0) is 43.5 Å². The molecular weight excluding hydrogens is 363 g/mol. The Balaban J connectivity index is 1.69. The molecule has 1 aromatic carbocycles. The van der Waals surface area contributed by atoms with Gasteiger partial charge in [0.1, 0.15) is 17.6 Å². The van der Waals surface area contributed by atoms with E-state index >= 15 is 0 Å². The van der Waals surface area contributed by atoms with Crippen molar-refractivity contribution in [1.29, 1.82) is 0 Å². The van der Waals surface area contributed by atoms with Gasteiger partial charge in [-0.15, -0.1) is 0 Å². The molecule has 0 N–H and O–H groups in total. The maximum Gasteiger partial charge on any atom is 0.260 e. The van der Waals surface area contributed by atoms with E-state index in [9.17, 15) is 9.18 Å². The fourth-order valence-corrected chi connectivity index (χ4v) is 3.40. The monoisotopic (exact) mass is 390 g/mol. The molecule has 152 valence electrons. The van der Waals surface area contributed by atoms with Gasteiger partial charge in [-0.3, -0.25) is 9.69 Å². The molecule has 3 rings (SSSR count). The number of carbonyl (C=O) groups is 1. The zero-order valence-corrected chi connectivity index (χ0v) is 16.6. The van der Waals surface area contributed by atoms with Crippen molar-refractivity contribution < 1.29 is 18.4 Å². The van der Waals surface area contributed by atoms with Crippen molar-refractivity contribution in [2.24, 2.45) is 5.92 Å². The highest BCUT2D eigenvalue weighted by atomic mass is 19.1. The van der Waals surface area contributed by atoms with Gasteiger partial charge in [0.25, 0.3) is 5.91 Å². The highest BCUT2D eigenvalue weighted by molar-refractivity contribution is 5.77. The van der Waals surface area contributed by atoms with Crippen LogP contribution in [-0.4, -0.2) is 58.6 Å². The minimum atomic E-state index is -0.339. The molecule has 1 aliphatic heterocycles. The van der Waals surface area contributed by atoms with E-state index in [1.54, 1.807) is 11.8 Å². The first-order chi connectivity index (χ1) is 13.4. The number of halogens is 1. The van der Waals surface area contributed by atoms with Gasteiger partial charge < -0.3 is 14.2 Å². The Kier molecular flexibility index (Phi) is 6.61. The van der Waals surface area contributed by atoms with E-state index < -0.39 is 0 Å². The lowest BCUT2D eigenvalue weighted by molar-refractivity contribution is -0.133. The van der Waals surface area contributed by atoms with E-state index in [1.807, 2.05) is 0 Å². The summed E-state index contributed by atoms with van der Waals surface area (Å²) in [6.07, 6.45) is 0.860. The maximum atomic E-state index is 13.0. The number of aryl methyl sites for hydroxylation is 1. The van der Waals surface area contributed by atoms with Crippen LogP contribution in [0.3, 0.4) is 0 Å². The van der Waals surface area contributed by atoms with Crippen molar-refractivity contribution in [3.8, 4) is 5.75 Å². The number of aromatic nitrogens is 2. The van der Waals surface area contributed by atoms with Crippen LogP contribution in [0.25, 0.3) is 0 Å². The highest BCUT2D eigenvalue weighted by Gasteiger charge is 2.32. The maximum absolute atomic E-state index is 13.0. The van der Waals surface area contributed by atoms with Crippen molar-refractivity contribution in [3.63, 3.8) is 0 Å². The Morgan fingerprint density at radius 1 is 1.32 bits per heavy atom. The molecule has 1 aliphatic rings. The lowest BCUT2D eigenvalue weighted by Gasteiger charge is -2.30. The van der Waals surface area contributed by atoms with E-state index in [-0.39, 0.29) is 24.4 Å². The molecule has 1 fully saturated rings. The summed E-state index contributed by atoms with van der Waals surface area (Å²) in [5.41, 5.74) is 0. The first-order valence-electron chi connectivity index (χ1n) is 9.62. The molecule has 0 radical (unpaired) electrons. The molecule has 1 aromatic heterocycles. The highest BCUT2D eigenvalue weighted by Crippen LogP contribution is 2.25. The molecule has 7 nitrogen and oxygen atoms in total. The molecule has 1 unspecified atom stereocenters. The summed E-state index contributed by atoms with van der Waals surface area (Å²) in [5.74, 6) is 1.62. The number of amides is 1. The van der Waals surface area contributed by atoms with E-state index in [0.29, 0.717) is 36.5 Å². The van der Waals surface area contributed by atoms with E-state index in [2.05, 4.69) is 28.9 Å². The lowest BCUT2D eigenvalue weighted by atomic mass is 10.1. The van der Waals surface area contributed by atoms with Crippen LogP contribution in [0.15, 0.2) is 28.8 Å².